The van der Waals surface area contributed by atoms with Crippen LogP contribution in [0.5, 0.6) is 5.75 Å². The molecule has 156 valence electrons. The van der Waals surface area contributed by atoms with Gasteiger partial charge in [-0.15, -0.1) is 0 Å². The van der Waals surface area contributed by atoms with E-state index >= 15 is 0 Å². The second-order valence-electron chi connectivity index (χ2n) is 6.90. The molecule has 0 radical (unpaired) electrons. The lowest BCUT2D eigenvalue weighted by Gasteiger charge is -2.12. The lowest BCUT2D eigenvalue weighted by Crippen LogP contribution is -1.99. The van der Waals surface area contributed by atoms with Crippen molar-refractivity contribution < 1.29 is 24.9 Å². The van der Waals surface area contributed by atoms with Crippen molar-refractivity contribution in [2.24, 2.45) is 0 Å². The molecule has 0 fully saturated rings. The Kier molecular flexibility index (Phi) is 6.79. The molecule has 3 rings (SSSR count). The highest BCUT2D eigenvalue weighted by Gasteiger charge is 2.13. The zero-order valence-electron chi connectivity index (χ0n) is 16.8. The Balaban J connectivity index is 1.85. The van der Waals surface area contributed by atoms with Gasteiger partial charge in [0.2, 0.25) is 0 Å². The van der Waals surface area contributed by atoms with E-state index in [0.29, 0.717) is 45.0 Å². The Morgan fingerprint density at radius 3 is 2.53 bits per heavy atom. The van der Waals surface area contributed by atoms with E-state index in [1.165, 1.54) is 13.2 Å². The van der Waals surface area contributed by atoms with E-state index in [9.17, 15) is 20.1 Å². The molecule has 30 heavy (non-hydrogen) atoms. The van der Waals surface area contributed by atoms with Gasteiger partial charge in [-0.2, -0.15) is 5.10 Å². The highest BCUT2D eigenvalue weighted by atomic mass is 16.5. The zero-order valence-corrected chi connectivity index (χ0v) is 16.8. The van der Waals surface area contributed by atoms with Crippen molar-refractivity contribution in [2.45, 2.75) is 26.7 Å². The fraction of sp³-hybridized carbons (Fsp3) is 0.217. The van der Waals surface area contributed by atoms with Gasteiger partial charge in [-0.25, -0.2) is 0 Å². The number of benzene rings is 2. The number of H-pyrrole nitrogens is 1. The number of nitrogens with one attached hydrogen (secondary N) is 1. The van der Waals surface area contributed by atoms with Gasteiger partial charge in [-0.3, -0.25) is 9.89 Å². The number of allylic oxidation sites excluding steroid dienone is 1. The number of methoxy groups -OCH3 is 1. The lowest BCUT2D eigenvalue weighted by molar-refractivity contribution is 0.104. The van der Waals surface area contributed by atoms with E-state index in [1.807, 2.05) is 13.0 Å². The monoisotopic (exact) mass is 408 g/mol. The molecular formula is C23H24N2O5. The number of hydrogen-bond acceptors (Lipinski definition) is 6. The first-order chi connectivity index (χ1) is 14.5. The van der Waals surface area contributed by atoms with Crippen molar-refractivity contribution in [3.63, 3.8) is 0 Å². The van der Waals surface area contributed by atoms with Crippen LogP contribution in [-0.4, -0.2) is 38.4 Å². The van der Waals surface area contributed by atoms with E-state index < -0.39 is 0 Å². The van der Waals surface area contributed by atoms with Crippen molar-refractivity contribution in [3.05, 3.63) is 76.0 Å². The van der Waals surface area contributed by atoms with Gasteiger partial charge in [0.25, 0.3) is 0 Å². The number of ether oxygens (including phenoxy) is 1. The molecule has 0 aliphatic heterocycles. The van der Waals surface area contributed by atoms with Crippen LogP contribution in [0.15, 0.2) is 42.5 Å². The second-order valence-corrected chi connectivity index (χ2v) is 6.90. The molecule has 1 heterocycles. The second kappa shape index (κ2) is 9.49. The molecule has 0 bridgehead atoms. The van der Waals surface area contributed by atoms with Gasteiger partial charge in [0, 0.05) is 16.7 Å². The van der Waals surface area contributed by atoms with Gasteiger partial charge in [-0.05, 0) is 60.5 Å². The summed E-state index contributed by atoms with van der Waals surface area (Å²) in [6, 6.07) is 10.5. The van der Waals surface area contributed by atoms with E-state index in [2.05, 4.69) is 10.2 Å². The van der Waals surface area contributed by atoms with Crippen molar-refractivity contribution in [1.82, 2.24) is 10.2 Å². The van der Waals surface area contributed by atoms with Crippen LogP contribution in [0.2, 0.25) is 0 Å². The van der Waals surface area contributed by atoms with E-state index in [1.54, 1.807) is 36.4 Å². The summed E-state index contributed by atoms with van der Waals surface area (Å²) in [6.45, 7) is 1.27. The molecule has 7 heteroatoms. The van der Waals surface area contributed by atoms with Gasteiger partial charge in [0.1, 0.15) is 5.75 Å². The predicted molar refractivity (Wildman–Crippen MR) is 113 cm³/mol. The topological polar surface area (TPSA) is 116 Å². The summed E-state index contributed by atoms with van der Waals surface area (Å²) in [4.78, 5) is 12.5. The number of hydrogen-bond donors (Lipinski definition) is 4. The highest BCUT2D eigenvalue weighted by molar-refractivity contribution is 6.07. The van der Waals surface area contributed by atoms with Crippen molar-refractivity contribution in [1.29, 1.82) is 0 Å². The van der Waals surface area contributed by atoms with Gasteiger partial charge in [0.05, 0.1) is 38.3 Å². The van der Waals surface area contributed by atoms with Gasteiger partial charge < -0.3 is 20.1 Å². The Morgan fingerprint density at radius 2 is 1.87 bits per heavy atom. The maximum absolute atomic E-state index is 12.5. The van der Waals surface area contributed by atoms with E-state index in [4.69, 9.17) is 4.74 Å². The third kappa shape index (κ3) is 4.65. The number of aliphatic hydroxyl groups is 3. The largest absolute Gasteiger partial charge is 0.496 e. The molecular weight excluding hydrogens is 384 g/mol. The molecule has 1 aromatic heterocycles. The molecule has 0 spiro atoms. The summed E-state index contributed by atoms with van der Waals surface area (Å²) in [6.07, 6.45) is 3.08. The van der Waals surface area contributed by atoms with Crippen LogP contribution >= 0.6 is 0 Å². The molecule has 0 unspecified atom stereocenters. The van der Waals surface area contributed by atoms with Crippen molar-refractivity contribution in [3.8, 4) is 17.0 Å². The Labute approximate surface area is 174 Å². The lowest BCUT2D eigenvalue weighted by atomic mass is 10.0. The first kappa shape index (κ1) is 21.4. The van der Waals surface area contributed by atoms with Gasteiger partial charge >= 0.3 is 0 Å². The summed E-state index contributed by atoms with van der Waals surface area (Å²) in [5, 5.41) is 35.6. The van der Waals surface area contributed by atoms with Crippen LogP contribution in [-0.2, 0) is 19.8 Å². The minimum Gasteiger partial charge on any atom is -0.496 e. The Hall–Kier alpha value is -3.26. The van der Waals surface area contributed by atoms with E-state index in [0.717, 1.165) is 5.56 Å². The highest BCUT2D eigenvalue weighted by Crippen LogP contribution is 2.30. The third-order valence-corrected chi connectivity index (χ3v) is 4.76. The van der Waals surface area contributed by atoms with Crippen LogP contribution in [0.4, 0.5) is 0 Å². The standard InChI is InChI=1S/C23H24N2O5/c1-14-5-15(11-26)7-17(6-14)22(29)4-3-19-10-21(25-24-19)16-8-18(12-27)20(13-28)23(9-16)30-2/h3-10,26-28H,11-13H2,1-2H3,(H,24,25)/b4-3+. The summed E-state index contributed by atoms with van der Waals surface area (Å²) < 4.78 is 5.32. The summed E-state index contributed by atoms with van der Waals surface area (Å²) in [5.74, 6) is 0.287. The maximum atomic E-state index is 12.5. The number of aryl methyl sites for hydroxylation is 1. The van der Waals surface area contributed by atoms with Gasteiger partial charge in [-0.1, -0.05) is 11.6 Å². The van der Waals surface area contributed by atoms with E-state index in [-0.39, 0.29) is 25.6 Å². The average molecular weight is 408 g/mol. The normalized spacial score (nSPS) is 11.2. The molecule has 3 aromatic rings. The molecule has 0 aliphatic rings. The Bertz CT molecular complexity index is 1060. The quantitative estimate of drug-likeness (QED) is 0.336. The smallest absolute Gasteiger partial charge is 0.185 e. The summed E-state index contributed by atoms with van der Waals surface area (Å²) in [5.41, 5.74) is 5.14. The maximum Gasteiger partial charge on any atom is 0.185 e. The molecule has 0 amide bonds. The summed E-state index contributed by atoms with van der Waals surface area (Å²) >= 11 is 0. The molecule has 0 saturated heterocycles. The number of aromatic nitrogens is 2. The van der Waals surface area contributed by atoms with Crippen LogP contribution in [0.3, 0.4) is 0 Å². The number of nitrogens with zero attached hydrogens (tertiary/aromatic N) is 1. The third-order valence-electron chi connectivity index (χ3n) is 4.76. The number of ketones is 1. The van der Waals surface area contributed by atoms with Crippen LogP contribution in [0.25, 0.3) is 17.3 Å². The number of rotatable bonds is 8. The number of carbonyl (C=O) groups is 1. The average Bonchev–Trinajstić information content (AvgIpc) is 3.24. The molecule has 2 aromatic carbocycles. The summed E-state index contributed by atoms with van der Waals surface area (Å²) in [7, 11) is 1.50. The van der Waals surface area contributed by atoms with Crippen molar-refractivity contribution in [2.75, 3.05) is 7.11 Å². The minimum absolute atomic E-state index is 0.121. The van der Waals surface area contributed by atoms with Crippen LogP contribution in [0.1, 0.15) is 38.3 Å². The van der Waals surface area contributed by atoms with Crippen LogP contribution in [0, 0.1) is 6.92 Å². The number of carbonyl (C=O) groups excluding carboxylic acids is 1. The van der Waals surface area contributed by atoms with Crippen LogP contribution < -0.4 is 4.74 Å². The number of aromatic amines is 1. The predicted octanol–water partition coefficient (Wildman–Crippen LogP) is 2.77. The molecule has 4 N–H and O–H groups in total. The number of aliphatic hydroxyl groups excluding tert-OH is 3. The first-order valence-corrected chi connectivity index (χ1v) is 9.40. The van der Waals surface area contributed by atoms with Crippen molar-refractivity contribution >= 4 is 11.9 Å². The molecule has 0 atom stereocenters. The zero-order chi connectivity index (χ0) is 21.7. The first-order valence-electron chi connectivity index (χ1n) is 9.40. The molecule has 7 nitrogen and oxygen atoms in total. The molecule has 0 aliphatic carbocycles. The SMILES string of the molecule is COc1cc(-c2cc(/C=C/C(=O)c3cc(C)cc(CO)c3)[nH]n2)cc(CO)c1CO. The Morgan fingerprint density at radius 1 is 1.07 bits per heavy atom. The minimum atomic E-state index is -0.243. The van der Waals surface area contributed by atoms with Gasteiger partial charge in [0.15, 0.2) is 5.78 Å². The molecule has 0 saturated carbocycles. The fourth-order valence-corrected chi connectivity index (χ4v) is 3.28. The fourth-order valence-electron chi connectivity index (χ4n) is 3.28.